The number of methoxy groups -OCH3 is 1. The van der Waals surface area contributed by atoms with E-state index < -0.39 is 10.0 Å². The van der Waals surface area contributed by atoms with Gasteiger partial charge in [0.2, 0.25) is 0 Å². The standard InChI is InChI=1S/C23H23FN2O4S2/c1-30-20-10-8-19(9-11-20)26-32(28,29)21-12-6-17(7-13-21)23(27)25-14-15-31-16-18-4-2-3-5-22(18)24/h2-13,26H,14-16H2,1H3,(H,25,27). The third kappa shape index (κ3) is 6.48. The monoisotopic (exact) mass is 474 g/mol. The Bertz CT molecular complexity index is 1150. The summed E-state index contributed by atoms with van der Waals surface area (Å²) in [6.07, 6.45) is 0. The van der Waals surface area contributed by atoms with Crippen molar-refractivity contribution in [2.75, 3.05) is 24.1 Å². The average Bonchev–Trinajstić information content (AvgIpc) is 2.80. The minimum absolute atomic E-state index is 0.0466. The van der Waals surface area contributed by atoms with Crippen LogP contribution < -0.4 is 14.8 Å². The average molecular weight is 475 g/mol. The minimum atomic E-state index is -3.79. The van der Waals surface area contributed by atoms with Gasteiger partial charge in [0.15, 0.2) is 0 Å². The van der Waals surface area contributed by atoms with E-state index in [-0.39, 0.29) is 16.6 Å². The summed E-state index contributed by atoms with van der Waals surface area (Å²) in [5, 5.41) is 2.78. The van der Waals surface area contributed by atoms with E-state index in [0.29, 0.717) is 40.6 Å². The molecule has 0 aromatic heterocycles. The number of amides is 1. The van der Waals surface area contributed by atoms with Crippen molar-refractivity contribution in [3.63, 3.8) is 0 Å². The van der Waals surface area contributed by atoms with Crippen LogP contribution in [0.25, 0.3) is 0 Å². The molecule has 0 aliphatic heterocycles. The third-order valence-corrected chi connectivity index (χ3v) is 6.92. The first-order valence-electron chi connectivity index (χ1n) is 9.75. The molecule has 0 atom stereocenters. The Morgan fingerprint density at radius 1 is 1.00 bits per heavy atom. The summed E-state index contributed by atoms with van der Waals surface area (Å²) in [4.78, 5) is 12.3. The van der Waals surface area contributed by atoms with Crippen LogP contribution in [0.5, 0.6) is 5.75 Å². The van der Waals surface area contributed by atoms with Crippen molar-refractivity contribution >= 4 is 33.4 Å². The van der Waals surface area contributed by atoms with Crippen LogP contribution in [0.2, 0.25) is 0 Å². The van der Waals surface area contributed by atoms with Crippen LogP contribution in [-0.4, -0.2) is 33.7 Å². The van der Waals surface area contributed by atoms with Gasteiger partial charge in [0.1, 0.15) is 11.6 Å². The molecule has 0 saturated heterocycles. The summed E-state index contributed by atoms with van der Waals surface area (Å²) in [7, 11) is -2.26. The van der Waals surface area contributed by atoms with E-state index in [9.17, 15) is 17.6 Å². The summed E-state index contributed by atoms with van der Waals surface area (Å²) >= 11 is 1.52. The predicted molar refractivity (Wildman–Crippen MR) is 125 cm³/mol. The van der Waals surface area contributed by atoms with Gasteiger partial charge >= 0.3 is 0 Å². The molecule has 3 rings (SSSR count). The molecule has 6 nitrogen and oxygen atoms in total. The Kier molecular flexibility index (Phi) is 8.13. The Labute approximate surface area is 191 Å². The molecule has 0 radical (unpaired) electrons. The molecule has 2 N–H and O–H groups in total. The summed E-state index contributed by atoms with van der Waals surface area (Å²) in [5.74, 6) is 1.23. The molecule has 3 aromatic carbocycles. The van der Waals surface area contributed by atoms with Gasteiger partial charge in [-0.2, -0.15) is 11.8 Å². The lowest BCUT2D eigenvalue weighted by Crippen LogP contribution is -2.25. The summed E-state index contributed by atoms with van der Waals surface area (Å²) < 4.78 is 46.2. The van der Waals surface area contributed by atoms with E-state index in [0.717, 1.165) is 0 Å². The highest BCUT2D eigenvalue weighted by Gasteiger charge is 2.15. The van der Waals surface area contributed by atoms with Crippen molar-refractivity contribution in [3.8, 4) is 5.75 Å². The topological polar surface area (TPSA) is 84.5 Å². The van der Waals surface area contributed by atoms with Crippen LogP contribution in [0, 0.1) is 5.82 Å². The van der Waals surface area contributed by atoms with Gasteiger partial charge in [0, 0.05) is 29.3 Å². The van der Waals surface area contributed by atoms with E-state index in [1.807, 2.05) is 0 Å². The lowest BCUT2D eigenvalue weighted by Gasteiger charge is -2.10. The smallest absolute Gasteiger partial charge is 0.261 e. The van der Waals surface area contributed by atoms with Gasteiger partial charge < -0.3 is 10.1 Å². The lowest BCUT2D eigenvalue weighted by atomic mass is 10.2. The number of hydrogen-bond acceptors (Lipinski definition) is 5. The van der Waals surface area contributed by atoms with Crippen LogP contribution >= 0.6 is 11.8 Å². The Hall–Kier alpha value is -3.04. The lowest BCUT2D eigenvalue weighted by molar-refractivity contribution is 0.0956. The molecule has 168 valence electrons. The third-order valence-electron chi connectivity index (χ3n) is 4.52. The zero-order chi connectivity index (χ0) is 23.0. The highest BCUT2D eigenvalue weighted by molar-refractivity contribution is 7.98. The number of carbonyl (C=O) groups excluding carboxylic acids is 1. The van der Waals surface area contributed by atoms with Gasteiger partial charge in [0.05, 0.1) is 12.0 Å². The second-order valence-electron chi connectivity index (χ2n) is 6.76. The molecule has 0 heterocycles. The Balaban J connectivity index is 1.49. The molecular weight excluding hydrogens is 451 g/mol. The van der Waals surface area contributed by atoms with E-state index in [4.69, 9.17) is 4.74 Å². The fourth-order valence-corrected chi connectivity index (χ4v) is 4.70. The van der Waals surface area contributed by atoms with E-state index >= 15 is 0 Å². The van der Waals surface area contributed by atoms with Gasteiger partial charge in [0.25, 0.3) is 15.9 Å². The second kappa shape index (κ2) is 11.0. The maximum absolute atomic E-state index is 13.6. The molecule has 0 unspecified atom stereocenters. The fourth-order valence-electron chi connectivity index (χ4n) is 2.79. The van der Waals surface area contributed by atoms with Crippen molar-refractivity contribution in [1.82, 2.24) is 5.32 Å². The number of benzene rings is 3. The number of halogens is 1. The molecule has 0 aliphatic rings. The number of thioether (sulfide) groups is 1. The van der Waals surface area contributed by atoms with Crippen LogP contribution in [0.1, 0.15) is 15.9 Å². The molecular formula is C23H23FN2O4S2. The van der Waals surface area contributed by atoms with Gasteiger partial charge in [-0.3, -0.25) is 9.52 Å². The Morgan fingerprint density at radius 2 is 1.69 bits per heavy atom. The zero-order valence-electron chi connectivity index (χ0n) is 17.4. The SMILES string of the molecule is COc1ccc(NS(=O)(=O)c2ccc(C(=O)NCCSCc3ccccc3F)cc2)cc1. The molecule has 0 fully saturated rings. The highest BCUT2D eigenvalue weighted by atomic mass is 32.2. The molecule has 32 heavy (non-hydrogen) atoms. The number of carbonyl (C=O) groups is 1. The van der Waals surface area contributed by atoms with Crippen molar-refractivity contribution < 1.29 is 22.3 Å². The number of sulfonamides is 1. The molecule has 0 bridgehead atoms. The van der Waals surface area contributed by atoms with Crippen LogP contribution in [0.3, 0.4) is 0 Å². The predicted octanol–water partition coefficient (Wildman–Crippen LogP) is 4.30. The van der Waals surface area contributed by atoms with Gasteiger partial charge in [-0.1, -0.05) is 18.2 Å². The zero-order valence-corrected chi connectivity index (χ0v) is 19.0. The summed E-state index contributed by atoms with van der Waals surface area (Å²) in [6.45, 7) is 0.414. The molecule has 0 saturated carbocycles. The Morgan fingerprint density at radius 3 is 2.34 bits per heavy atom. The van der Waals surface area contributed by atoms with Crippen molar-refractivity contribution in [2.45, 2.75) is 10.6 Å². The number of rotatable bonds is 10. The molecule has 1 amide bonds. The minimum Gasteiger partial charge on any atom is -0.497 e. The molecule has 0 spiro atoms. The first kappa shape index (κ1) is 23.6. The van der Waals surface area contributed by atoms with Gasteiger partial charge in [-0.05, 0) is 60.2 Å². The number of ether oxygens (including phenoxy) is 1. The maximum Gasteiger partial charge on any atom is 0.261 e. The first-order chi connectivity index (χ1) is 15.4. The molecule has 9 heteroatoms. The molecule has 0 aliphatic carbocycles. The number of anilines is 1. The largest absolute Gasteiger partial charge is 0.497 e. The number of nitrogens with one attached hydrogen (secondary N) is 2. The van der Waals surface area contributed by atoms with E-state index in [1.54, 1.807) is 42.5 Å². The molecule has 3 aromatic rings. The normalized spacial score (nSPS) is 11.1. The highest BCUT2D eigenvalue weighted by Crippen LogP contribution is 2.20. The van der Waals surface area contributed by atoms with Crippen LogP contribution in [0.15, 0.2) is 77.7 Å². The summed E-state index contributed by atoms with van der Waals surface area (Å²) in [6, 6.07) is 18.8. The van der Waals surface area contributed by atoms with Crippen molar-refractivity contribution in [1.29, 1.82) is 0 Å². The maximum atomic E-state index is 13.6. The van der Waals surface area contributed by atoms with Crippen molar-refractivity contribution in [2.24, 2.45) is 0 Å². The fraction of sp³-hybridized carbons (Fsp3) is 0.174. The van der Waals surface area contributed by atoms with E-state index in [2.05, 4.69) is 10.0 Å². The number of hydrogen-bond donors (Lipinski definition) is 2. The van der Waals surface area contributed by atoms with E-state index in [1.165, 1.54) is 49.2 Å². The van der Waals surface area contributed by atoms with Gasteiger partial charge in [-0.25, -0.2) is 12.8 Å². The second-order valence-corrected chi connectivity index (χ2v) is 9.55. The van der Waals surface area contributed by atoms with Crippen LogP contribution in [-0.2, 0) is 15.8 Å². The van der Waals surface area contributed by atoms with Crippen LogP contribution in [0.4, 0.5) is 10.1 Å². The first-order valence-corrected chi connectivity index (χ1v) is 12.4. The quantitative estimate of drug-likeness (QED) is 0.428. The van der Waals surface area contributed by atoms with Gasteiger partial charge in [-0.15, -0.1) is 0 Å². The summed E-state index contributed by atoms with van der Waals surface area (Å²) in [5.41, 5.74) is 1.39. The van der Waals surface area contributed by atoms with Crippen molar-refractivity contribution in [3.05, 3.63) is 89.7 Å².